The Labute approximate surface area is 139 Å². The van der Waals surface area contributed by atoms with Gasteiger partial charge in [0.05, 0.1) is 19.3 Å². The molecule has 1 rings (SSSR count). The Morgan fingerprint density at radius 3 is 2.50 bits per heavy atom. The maximum absolute atomic E-state index is 12.4. The van der Waals surface area contributed by atoms with Gasteiger partial charge in [-0.1, -0.05) is 0 Å². The number of carbonyl (C=O) groups is 2. The van der Waals surface area contributed by atoms with Gasteiger partial charge < -0.3 is 14.2 Å². The van der Waals surface area contributed by atoms with E-state index >= 15 is 0 Å². The third-order valence-electron chi connectivity index (χ3n) is 2.92. The number of nitrogens with zero attached hydrogens (tertiary/aromatic N) is 1. The lowest BCUT2D eigenvalue weighted by Crippen LogP contribution is -2.49. The number of hydrogen-bond donors (Lipinski definition) is 0. The Bertz CT molecular complexity index is 467. The molecule has 6 nitrogen and oxygen atoms in total. The van der Waals surface area contributed by atoms with E-state index in [0.717, 1.165) is 0 Å². The van der Waals surface area contributed by atoms with Crippen LogP contribution in [0.25, 0.3) is 0 Å². The highest BCUT2D eigenvalue weighted by Crippen LogP contribution is 2.31. The van der Waals surface area contributed by atoms with Crippen molar-refractivity contribution in [2.75, 3.05) is 13.2 Å². The molecule has 0 aromatic rings. The van der Waals surface area contributed by atoms with Crippen LogP contribution in [0.3, 0.4) is 0 Å². The third kappa shape index (κ3) is 4.98. The van der Waals surface area contributed by atoms with E-state index in [4.69, 9.17) is 14.2 Å². The Morgan fingerprint density at radius 1 is 1.41 bits per heavy atom. The minimum absolute atomic E-state index is 0.259. The second-order valence-electron chi connectivity index (χ2n) is 6.41. The fraction of sp³-hybridized carbons (Fsp3) is 0.733. The van der Waals surface area contributed by atoms with E-state index < -0.39 is 29.4 Å². The van der Waals surface area contributed by atoms with Crippen LogP contribution in [0.15, 0.2) is 10.6 Å². The van der Waals surface area contributed by atoms with Crippen LogP contribution in [-0.2, 0) is 19.0 Å². The number of carbonyl (C=O) groups excluding carboxylic acids is 2. The van der Waals surface area contributed by atoms with Crippen molar-refractivity contribution < 1.29 is 23.8 Å². The Kier molecular flexibility index (Phi) is 6.03. The molecule has 1 fully saturated rings. The van der Waals surface area contributed by atoms with Crippen molar-refractivity contribution in [3.63, 3.8) is 0 Å². The first-order valence-corrected chi connectivity index (χ1v) is 7.98. The number of hydrogen-bond acceptors (Lipinski definition) is 5. The van der Waals surface area contributed by atoms with Crippen LogP contribution in [0.1, 0.15) is 41.5 Å². The molecule has 0 aromatic carbocycles. The summed E-state index contributed by atoms with van der Waals surface area (Å²) in [6.07, 6.45) is 1.12. The molecule has 0 aliphatic carbocycles. The molecule has 1 amide bonds. The lowest BCUT2D eigenvalue weighted by atomic mass is 10.2. The molecule has 1 atom stereocenters. The Balaban J connectivity index is 2.97. The van der Waals surface area contributed by atoms with Crippen molar-refractivity contribution in [1.82, 2.24) is 4.90 Å². The minimum Gasteiger partial charge on any atom is -0.462 e. The number of ether oxygens (including phenoxy) is 3. The van der Waals surface area contributed by atoms with E-state index in [-0.39, 0.29) is 17.7 Å². The van der Waals surface area contributed by atoms with E-state index in [2.05, 4.69) is 15.9 Å². The molecule has 0 saturated carbocycles. The van der Waals surface area contributed by atoms with Gasteiger partial charge in [-0.3, -0.25) is 4.90 Å². The van der Waals surface area contributed by atoms with Gasteiger partial charge in [-0.2, -0.15) is 0 Å². The van der Waals surface area contributed by atoms with Crippen LogP contribution >= 0.6 is 15.9 Å². The lowest BCUT2D eigenvalue weighted by Gasteiger charge is -2.34. The highest BCUT2D eigenvalue weighted by molar-refractivity contribution is 9.12. The summed E-state index contributed by atoms with van der Waals surface area (Å²) in [5, 5.41) is 0. The molecule has 0 bridgehead atoms. The summed E-state index contributed by atoms with van der Waals surface area (Å²) in [5.74, 6) is -0.476. The highest BCUT2D eigenvalue weighted by atomic mass is 79.9. The number of esters is 1. The number of halogens is 1. The van der Waals surface area contributed by atoms with Crippen molar-refractivity contribution in [3.8, 4) is 0 Å². The number of rotatable bonds is 3. The van der Waals surface area contributed by atoms with Crippen molar-refractivity contribution in [2.24, 2.45) is 0 Å². The van der Waals surface area contributed by atoms with E-state index in [0.29, 0.717) is 0 Å². The Morgan fingerprint density at radius 2 is 2.00 bits per heavy atom. The quantitative estimate of drug-likeness (QED) is 0.558. The van der Waals surface area contributed by atoms with Gasteiger partial charge in [0.15, 0.2) is 0 Å². The normalized spacial score (nSPS) is 21.7. The van der Waals surface area contributed by atoms with Gasteiger partial charge in [0.1, 0.15) is 15.8 Å². The van der Waals surface area contributed by atoms with Crippen molar-refractivity contribution in [1.29, 1.82) is 0 Å². The SMILES string of the molecule is CCOC(=O)/C(Br)=C\[C@H]1COC(C)(C)N1C(=O)OC(C)(C)C. The highest BCUT2D eigenvalue weighted by Gasteiger charge is 2.45. The first-order valence-electron chi connectivity index (χ1n) is 7.18. The fourth-order valence-electron chi connectivity index (χ4n) is 2.06. The summed E-state index contributed by atoms with van der Waals surface area (Å²) >= 11 is 3.18. The van der Waals surface area contributed by atoms with Crippen LogP contribution in [0, 0.1) is 0 Å². The van der Waals surface area contributed by atoms with Crippen LogP contribution in [0.2, 0.25) is 0 Å². The molecular formula is C15H24BrNO5. The zero-order valence-corrected chi connectivity index (χ0v) is 15.5. The second-order valence-corrected chi connectivity index (χ2v) is 7.26. The summed E-state index contributed by atoms with van der Waals surface area (Å²) < 4.78 is 16.2. The average molecular weight is 378 g/mol. The molecule has 1 heterocycles. The van der Waals surface area contributed by atoms with Gasteiger partial charge in [0.2, 0.25) is 0 Å². The first kappa shape index (κ1) is 19.0. The maximum Gasteiger partial charge on any atom is 0.413 e. The topological polar surface area (TPSA) is 65.1 Å². The summed E-state index contributed by atoms with van der Waals surface area (Å²) in [6, 6.07) is -0.413. The predicted octanol–water partition coefficient (Wildman–Crippen LogP) is 3.20. The monoisotopic (exact) mass is 377 g/mol. The van der Waals surface area contributed by atoms with Crippen molar-refractivity contribution >= 4 is 28.0 Å². The molecule has 0 aromatic heterocycles. The van der Waals surface area contributed by atoms with E-state index in [1.165, 1.54) is 4.90 Å². The predicted molar refractivity (Wildman–Crippen MR) is 85.5 cm³/mol. The van der Waals surface area contributed by atoms with E-state index in [9.17, 15) is 9.59 Å². The summed E-state index contributed by atoms with van der Waals surface area (Å²) in [7, 11) is 0. The molecule has 0 spiro atoms. The summed E-state index contributed by atoms with van der Waals surface area (Å²) in [4.78, 5) is 25.6. The fourth-order valence-corrected chi connectivity index (χ4v) is 2.48. The van der Waals surface area contributed by atoms with Gasteiger partial charge in [0, 0.05) is 0 Å². The molecule has 1 saturated heterocycles. The van der Waals surface area contributed by atoms with Gasteiger partial charge >= 0.3 is 12.1 Å². The molecule has 0 N–H and O–H groups in total. The van der Waals surface area contributed by atoms with Gasteiger partial charge in [-0.15, -0.1) is 0 Å². The first-order chi connectivity index (χ1) is 9.98. The molecule has 7 heteroatoms. The number of amides is 1. The molecule has 22 heavy (non-hydrogen) atoms. The summed E-state index contributed by atoms with van der Waals surface area (Å²) in [5.41, 5.74) is -1.42. The second kappa shape index (κ2) is 7.00. The lowest BCUT2D eigenvalue weighted by molar-refractivity contribution is -0.137. The standard InChI is InChI=1S/C15H24BrNO5/c1-7-20-12(18)11(16)8-10-9-21-15(5,6)17(10)13(19)22-14(2,3)4/h8,10H,7,9H2,1-6H3/b11-8+/t10-/m0/s1. The van der Waals surface area contributed by atoms with Crippen LogP contribution in [0.4, 0.5) is 4.79 Å². The van der Waals surface area contributed by atoms with Crippen molar-refractivity contribution in [3.05, 3.63) is 10.6 Å². The van der Waals surface area contributed by atoms with Crippen LogP contribution < -0.4 is 0 Å². The Hall–Kier alpha value is -1.08. The molecule has 1 aliphatic heterocycles. The minimum atomic E-state index is -0.814. The van der Waals surface area contributed by atoms with Crippen LogP contribution in [-0.4, -0.2) is 47.5 Å². The molecule has 0 radical (unpaired) electrons. The maximum atomic E-state index is 12.4. The molecule has 1 aliphatic rings. The molecule has 0 unspecified atom stereocenters. The van der Waals surface area contributed by atoms with Gasteiger partial charge in [-0.05, 0) is 63.5 Å². The van der Waals surface area contributed by atoms with Gasteiger partial charge in [-0.25, -0.2) is 9.59 Å². The zero-order chi connectivity index (χ0) is 17.1. The van der Waals surface area contributed by atoms with E-state index in [1.54, 1.807) is 47.6 Å². The van der Waals surface area contributed by atoms with Crippen LogP contribution in [0.5, 0.6) is 0 Å². The largest absolute Gasteiger partial charge is 0.462 e. The smallest absolute Gasteiger partial charge is 0.413 e. The third-order valence-corrected chi connectivity index (χ3v) is 3.51. The summed E-state index contributed by atoms with van der Waals surface area (Å²) in [6.45, 7) is 11.3. The average Bonchev–Trinajstić information content (AvgIpc) is 2.62. The van der Waals surface area contributed by atoms with E-state index in [1.807, 2.05) is 0 Å². The molecule has 126 valence electrons. The van der Waals surface area contributed by atoms with Crippen molar-refractivity contribution in [2.45, 2.75) is 58.9 Å². The zero-order valence-electron chi connectivity index (χ0n) is 13.9. The van der Waals surface area contributed by atoms with Gasteiger partial charge in [0.25, 0.3) is 0 Å². The molecular weight excluding hydrogens is 354 g/mol.